The highest BCUT2D eigenvalue weighted by atomic mass is 35.5. The number of phenols is 1. The third-order valence-electron chi connectivity index (χ3n) is 5.07. The molecule has 0 aliphatic rings. The van der Waals surface area contributed by atoms with Gasteiger partial charge >= 0.3 is 0 Å². The van der Waals surface area contributed by atoms with E-state index in [1.54, 1.807) is 16.9 Å². The van der Waals surface area contributed by atoms with Crippen LogP contribution in [-0.4, -0.2) is 20.1 Å². The van der Waals surface area contributed by atoms with Gasteiger partial charge in [0.2, 0.25) is 0 Å². The molecule has 0 unspecified atom stereocenters. The van der Waals surface area contributed by atoms with Gasteiger partial charge in [0.05, 0.1) is 5.69 Å². The highest BCUT2D eigenvalue weighted by Crippen LogP contribution is 2.36. The molecule has 5 rings (SSSR count). The van der Waals surface area contributed by atoms with E-state index in [9.17, 15) is 5.11 Å². The average Bonchev–Trinajstić information content (AvgIpc) is 3.20. The van der Waals surface area contributed by atoms with Gasteiger partial charge < -0.3 is 5.11 Å². The van der Waals surface area contributed by atoms with Crippen LogP contribution >= 0.6 is 11.6 Å². The van der Waals surface area contributed by atoms with Crippen molar-refractivity contribution >= 4 is 22.6 Å². The summed E-state index contributed by atoms with van der Waals surface area (Å²) in [7, 11) is 0. The number of nitrogens with zero attached hydrogens (tertiary/aromatic N) is 3. The number of phenolic OH excluding ortho intramolecular Hbond substituents is 1. The van der Waals surface area contributed by atoms with Gasteiger partial charge in [-0.25, -0.2) is 0 Å². The van der Waals surface area contributed by atoms with Gasteiger partial charge in [-0.2, -0.15) is 4.80 Å². The van der Waals surface area contributed by atoms with Crippen molar-refractivity contribution < 1.29 is 5.11 Å². The van der Waals surface area contributed by atoms with E-state index in [0.29, 0.717) is 11.4 Å². The average molecular weight is 412 g/mol. The first-order valence-corrected chi connectivity index (χ1v) is 10.0. The summed E-state index contributed by atoms with van der Waals surface area (Å²) >= 11 is 6.11. The van der Waals surface area contributed by atoms with E-state index in [4.69, 9.17) is 11.6 Å². The fraction of sp³-hybridized carbons (Fsp3) is 0.0400. The molecule has 0 aliphatic carbocycles. The SMILES string of the molecule is Oc1c(Cc2ccccc2)cc(-n2nc3ccc(Cl)cc3n2)cc1-c1ccccc1. The van der Waals surface area contributed by atoms with Crippen molar-refractivity contribution in [1.29, 1.82) is 0 Å². The summed E-state index contributed by atoms with van der Waals surface area (Å²) in [4.78, 5) is 1.60. The van der Waals surface area contributed by atoms with Crippen LogP contribution in [0.15, 0.2) is 91.0 Å². The van der Waals surface area contributed by atoms with Gasteiger partial charge in [0.1, 0.15) is 16.8 Å². The van der Waals surface area contributed by atoms with E-state index in [-0.39, 0.29) is 5.75 Å². The highest BCUT2D eigenvalue weighted by Gasteiger charge is 2.15. The molecule has 0 saturated heterocycles. The van der Waals surface area contributed by atoms with Crippen LogP contribution in [-0.2, 0) is 6.42 Å². The summed E-state index contributed by atoms with van der Waals surface area (Å²) in [6.45, 7) is 0. The van der Waals surface area contributed by atoms with Crippen molar-refractivity contribution in [2.45, 2.75) is 6.42 Å². The monoisotopic (exact) mass is 411 g/mol. The molecule has 4 aromatic carbocycles. The number of aromatic nitrogens is 3. The molecular weight excluding hydrogens is 394 g/mol. The molecular formula is C25H18ClN3O. The first-order chi connectivity index (χ1) is 14.7. The third-order valence-corrected chi connectivity index (χ3v) is 5.30. The zero-order chi connectivity index (χ0) is 20.5. The molecule has 0 amide bonds. The van der Waals surface area contributed by atoms with E-state index in [1.807, 2.05) is 66.7 Å². The summed E-state index contributed by atoms with van der Waals surface area (Å²) in [5.41, 5.74) is 5.89. The molecule has 0 radical (unpaired) electrons. The highest BCUT2D eigenvalue weighted by molar-refractivity contribution is 6.31. The van der Waals surface area contributed by atoms with E-state index in [0.717, 1.165) is 39.0 Å². The lowest BCUT2D eigenvalue weighted by Gasteiger charge is -2.13. The summed E-state index contributed by atoms with van der Waals surface area (Å²) in [5.74, 6) is 0.272. The zero-order valence-corrected chi connectivity index (χ0v) is 16.8. The van der Waals surface area contributed by atoms with E-state index in [2.05, 4.69) is 22.3 Å². The molecule has 1 heterocycles. The van der Waals surface area contributed by atoms with E-state index >= 15 is 0 Å². The number of fused-ring (bicyclic) bond motifs is 1. The molecule has 146 valence electrons. The van der Waals surface area contributed by atoms with Crippen LogP contribution in [0.4, 0.5) is 0 Å². The van der Waals surface area contributed by atoms with Crippen molar-refractivity contribution in [2.75, 3.05) is 0 Å². The lowest BCUT2D eigenvalue weighted by Crippen LogP contribution is -2.01. The molecule has 30 heavy (non-hydrogen) atoms. The van der Waals surface area contributed by atoms with Gasteiger partial charge in [0.15, 0.2) is 0 Å². The van der Waals surface area contributed by atoms with Gasteiger partial charge in [0, 0.05) is 22.6 Å². The molecule has 0 bridgehead atoms. The van der Waals surface area contributed by atoms with Gasteiger partial charge in [-0.3, -0.25) is 0 Å². The van der Waals surface area contributed by atoms with Crippen molar-refractivity contribution in [3.8, 4) is 22.6 Å². The maximum Gasteiger partial charge on any atom is 0.127 e. The van der Waals surface area contributed by atoms with Crippen LogP contribution in [0.2, 0.25) is 5.02 Å². The van der Waals surface area contributed by atoms with Crippen LogP contribution in [0, 0.1) is 0 Å². The molecule has 0 fully saturated rings. The second kappa shape index (κ2) is 7.65. The molecule has 4 nitrogen and oxygen atoms in total. The number of hydrogen-bond acceptors (Lipinski definition) is 3. The fourth-order valence-electron chi connectivity index (χ4n) is 3.58. The molecule has 0 aliphatic heterocycles. The van der Waals surface area contributed by atoms with Crippen molar-refractivity contribution in [2.24, 2.45) is 0 Å². The maximum absolute atomic E-state index is 11.1. The summed E-state index contributed by atoms with van der Waals surface area (Å²) in [6.07, 6.45) is 0.604. The van der Waals surface area contributed by atoms with E-state index in [1.165, 1.54) is 0 Å². The quantitative estimate of drug-likeness (QED) is 0.392. The summed E-state index contributed by atoms with van der Waals surface area (Å²) in [5, 5.41) is 20.9. The van der Waals surface area contributed by atoms with Crippen LogP contribution < -0.4 is 0 Å². The van der Waals surface area contributed by atoms with Gasteiger partial charge in [-0.15, -0.1) is 10.2 Å². The fourth-order valence-corrected chi connectivity index (χ4v) is 3.75. The number of rotatable bonds is 4. The Hall–Kier alpha value is -3.63. The predicted molar refractivity (Wildman–Crippen MR) is 120 cm³/mol. The third kappa shape index (κ3) is 3.53. The minimum atomic E-state index is 0.272. The second-order valence-electron chi connectivity index (χ2n) is 7.15. The lowest BCUT2D eigenvalue weighted by molar-refractivity contribution is 0.471. The number of benzene rings is 4. The van der Waals surface area contributed by atoms with Gasteiger partial charge in [0.25, 0.3) is 0 Å². The van der Waals surface area contributed by atoms with Crippen LogP contribution in [0.1, 0.15) is 11.1 Å². The molecule has 1 N–H and O–H groups in total. The van der Waals surface area contributed by atoms with Gasteiger partial charge in [-0.1, -0.05) is 72.3 Å². The number of aromatic hydroxyl groups is 1. The number of halogens is 1. The normalized spacial score (nSPS) is 11.1. The van der Waals surface area contributed by atoms with Crippen molar-refractivity contribution in [3.63, 3.8) is 0 Å². The topological polar surface area (TPSA) is 50.9 Å². The Labute approximate surface area is 179 Å². The lowest BCUT2D eigenvalue weighted by atomic mass is 9.96. The largest absolute Gasteiger partial charge is 0.507 e. The second-order valence-corrected chi connectivity index (χ2v) is 7.59. The predicted octanol–water partition coefficient (Wildman–Crippen LogP) is 6.04. The molecule has 0 saturated carbocycles. The van der Waals surface area contributed by atoms with Crippen LogP contribution in [0.25, 0.3) is 27.8 Å². The number of hydrogen-bond donors (Lipinski definition) is 1. The van der Waals surface area contributed by atoms with Crippen LogP contribution in [0.5, 0.6) is 5.75 Å². The Morgan fingerprint density at radius 3 is 2.23 bits per heavy atom. The zero-order valence-electron chi connectivity index (χ0n) is 16.0. The van der Waals surface area contributed by atoms with Gasteiger partial charge in [-0.05, 0) is 41.5 Å². The van der Waals surface area contributed by atoms with Crippen molar-refractivity contribution in [1.82, 2.24) is 15.0 Å². The smallest absolute Gasteiger partial charge is 0.127 e. The van der Waals surface area contributed by atoms with Crippen LogP contribution in [0.3, 0.4) is 0 Å². The van der Waals surface area contributed by atoms with Crippen molar-refractivity contribution in [3.05, 3.63) is 107 Å². The Balaban J connectivity index is 1.68. The molecule has 0 atom stereocenters. The minimum absolute atomic E-state index is 0.272. The molecule has 5 aromatic rings. The maximum atomic E-state index is 11.1. The Morgan fingerprint density at radius 1 is 0.767 bits per heavy atom. The molecule has 1 aromatic heterocycles. The summed E-state index contributed by atoms with van der Waals surface area (Å²) < 4.78 is 0. The minimum Gasteiger partial charge on any atom is -0.507 e. The Kier molecular flexibility index (Phi) is 4.69. The molecule has 5 heteroatoms. The van der Waals surface area contributed by atoms with E-state index < -0.39 is 0 Å². The standard InChI is InChI=1S/C25H18ClN3O/c26-20-11-12-23-24(15-20)28-29(27-23)21-14-19(13-17-7-3-1-4-8-17)25(30)22(16-21)18-9-5-2-6-10-18/h1-12,14-16,30H,13H2. The first kappa shape index (κ1) is 18.4. The molecule has 0 spiro atoms. The first-order valence-electron chi connectivity index (χ1n) is 9.65. The Bertz CT molecular complexity index is 1330. The Morgan fingerprint density at radius 2 is 1.47 bits per heavy atom. The summed E-state index contributed by atoms with van der Waals surface area (Å²) in [6, 6.07) is 29.2.